The van der Waals surface area contributed by atoms with Gasteiger partial charge in [-0.1, -0.05) is 6.07 Å². The van der Waals surface area contributed by atoms with Crippen molar-refractivity contribution in [2.24, 2.45) is 13.0 Å². The molecule has 1 saturated carbocycles. The van der Waals surface area contributed by atoms with Gasteiger partial charge in [-0.05, 0) is 30.9 Å². The topological polar surface area (TPSA) is 76.4 Å². The third-order valence-electron chi connectivity index (χ3n) is 4.41. The maximum absolute atomic E-state index is 14.1. The van der Waals surface area contributed by atoms with Crippen LogP contribution in [0.1, 0.15) is 34.8 Å². The Bertz CT molecular complexity index is 740. The number of carbonyl (C=O) groups is 1. The second kappa shape index (κ2) is 6.60. The Morgan fingerprint density at radius 2 is 2.25 bits per heavy atom. The highest BCUT2D eigenvalue weighted by atomic mass is 19.1. The number of benzene rings is 1. The van der Waals surface area contributed by atoms with E-state index in [1.165, 1.54) is 19.2 Å². The minimum absolute atomic E-state index is 0.0888. The lowest BCUT2D eigenvalue weighted by Crippen LogP contribution is -2.41. The zero-order valence-electron chi connectivity index (χ0n) is 13.6. The minimum atomic E-state index is -0.634. The summed E-state index contributed by atoms with van der Waals surface area (Å²) in [5, 5.41) is 16.6. The third-order valence-corrected chi connectivity index (χ3v) is 4.41. The molecule has 1 aliphatic rings. The van der Waals surface area contributed by atoms with Crippen LogP contribution in [0.2, 0.25) is 0 Å². The van der Waals surface area contributed by atoms with Gasteiger partial charge in [-0.3, -0.25) is 9.48 Å². The average Bonchev–Trinajstić information content (AvgIpc) is 2.95. The predicted octanol–water partition coefficient (Wildman–Crippen LogP) is 1.81. The van der Waals surface area contributed by atoms with Crippen molar-refractivity contribution in [2.75, 3.05) is 7.11 Å². The lowest BCUT2D eigenvalue weighted by molar-refractivity contribution is 0.0234. The van der Waals surface area contributed by atoms with Crippen molar-refractivity contribution in [1.29, 1.82) is 0 Å². The van der Waals surface area contributed by atoms with Crippen LogP contribution < -0.4 is 10.1 Å². The van der Waals surface area contributed by atoms with Crippen LogP contribution in [-0.2, 0) is 7.05 Å². The van der Waals surface area contributed by atoms with Gasteiger partial charge in [-0.25, -0.2) is 4.39 Å². The lowest BCUT2D eigenvalue weighted by atomic mass is 9.75. The molecule has 128 valence electrons. The van der Waals surface area contributed by atoms with Crippen LogP contribution in [0.3, 0.4) is 0 Å². The maximum Gasteiger partial charge on any atom is 0.258 e. The number of nitrogens with one attached hydrogen (secondary N) is 1. The molecule has 2 N–H and O–H groups in total. The second-order valence-corrected chi connectivity index (χ2v) is 6.10. The first kappa shape index (κ1) is 16.4. The highest BCUT2D eigenvalue weighted by Gasteiger charge is 2.37. The van der Waals surface area contributed by atoms with Gasteiger partial charge in [0.25, 0.3) is 5.91 Å². The molecule has 1 fully saturated rings. The number of carbonyl (C=O) groups excluding carboxylic acids is 1. The largest absolute Gasteiger partial charge is 0.496 e. The Morgan fingerprint density at radius 3 is 2.83 bits per heavy atom. The van der Waals surface area contributed by atoms with Gasteiger partial charge in [0.2, 0.25) is 0 Å². The molecule has 0 aliphatic heterocycles. The number of methoxy groups -OCH3 is 1. The fourth-order valence-electron chi connectivity index (χ4n) is 3.08. The quantitative estimate of drug-likeness (QED) is 0.875. The molecule has 1 heterocycles. The zero-order valence-corrected chi connectivity index (χ0v) is 13.6. The number of nitrogens with zero attached hydrogens (tertiary/aromatic N) is 2. The molecule has 2 aromatic rings. The van der Waals surface area contributed by atoms with Gasteiger partial charge in [-0.15, -0.1) is 0 Å². The number of aromatic nitrogens is 2. The molecule has 3 rings (SSSR count). The summed E-state index contributed by atoms with van der Waals surface area (Å²) in [4.78, 5) is 12.6. The predicted molar refractivity (Wildman–Crippen MR) is 85.1 cm³/mol. The number of hydrogen-bond acceptors (Lipinski definition) is 4. The fraction of sp³-hybridized carbons (Fsp3) is 0.412. The van der Waals surface area contributed by atoms with E-state index in [1.807, 2.05) is 6.20 Å². The lowest BCUT2D eigenvalue weighted by Gasteiger charge is -2.37. The number of hydrogen-bond donors (Lipinski definition) is 2. The van der Waals surface area contributed by atoms with Crippen LogP contribution in [0.15, 0.2) is 30.6 Å². The van der Waals surface area contributed by atoms with E-state index in [0.717, 1.165) is 5.56 Å². The molecule has 1 atom stereocenters. The number of amides is 1. The smallest absolute Gasteiger partial charge is 0.258 e. The number of halogens is 1. The summed E-state index contributed by atoms with van der Waals surface area (Å²) in [5.74, 6) is -0.900. The summed E-state index contributed by atoms with van der Waals surface area (Å²) in [6, 6.07) is 3.93. The Labute approximate surface area is 139 Å². The van der Waals surface area contributed by atoms with Gasteiger partial charge in [-0.2, -0.15) is 5.10 Å². The van der Waals surface area contributed by atoms with Gasteiger partial charge in [0.15, 0.2) is 0 Å². The summed E-state index contributed by atoms with van der Waals surface area (Å²) >= 11 is 0. The van der Waals surface area contributed by atoms with Crippen LogP contribution in [0, 0.1) is 11.7 Å². The molecule has 6 nitrogen and oxygen atoms in total. The summed E-state index contributed by atoms with van der Waals surface area (Å²) in [6.45, 7) is 0. The van der Waals surface area contributed by atoms with E-state index in [9.17, 15) is 14.3 Å². The van der Waals surface area contributed by atoms with Gasteiger partial charge >= 0.3 is 0 Å². The second-order valence-electron chi connectivity index (χ2n) is 6.10. The minimum Gasteiger partial charge on any atom is -0.496 e. The van der Waals surface area contributed by atoms with Crippen molar-refractivity contribution in [3.8, 4) is 5.75 Å². The standard InChI is InChI=1S/C17H20FN3O3/c1-21-9-11(8-19-21)16(10-6-12(22)7-10)20-17(23)15-13(18)4-3-5-14(15)24-2/h3-5,8-10,12,16,22H,6-7H2,1-2H3,(H,20,23)/t10?,12?,16-/m0/s1. The zero-order chi connectivity index (χ0) is 17.3. The third kappa shape index (κ3) is 3.12. The van der Waals surface area contributed by atoms with E-state index in [1.54, 1.807) is 24.0 Å². The normalized spacial score (nSPS) is 21.0. The van der Waals surface area contributed by atoms with E-state index < -0.39 is 11.7 Å². The molecule has 0 spiro atoms. The number of aliphatic hydroxyl groups excluding tert-OH is 1. The molecule has 0 bridgehead atoms. The van der Waals surface area contributed by atoms with E-state index in [0.29, 0.717) is 12.8 Å². The first-order valence-electron chi connectivity index (χ1n) is 7.79. The molecular formula is C17H20FN3O3. The summed E-state index contributed by atoms with van der Waals surface area (Å²) in [7, 11) is 3.18. The van der Waals surface area contributed by atoms with Crippen molar-refractivity contribution in [1.82, 2.24) is 15.1 Å². The van der Waals surface area contributed by atoms with E-state index in [-0.39, 0.29) is 29.4 Å². The van der Waals surface area contributed by atoms with Crippen LogP contribution in [0.25, 0.3) is 0 Å². The first-order valence-corrected chi connectivity index (χ1v) is 7.79. The van der Waals surface area contributed by atoms with Crippen molar-refractivity contribution in [3.63, 3.8) is 0 Å². The van der Waals surface area contributed by atoms with Crippen molar-refractivity contribution >= 4 is 5.91 Å². The Hall–Kier alpha value is -2.41. The van der Waals surface area contributed by atoms with Crippen LogP contribution in [0.5, 0.6) is 5.75 Å². The molecule has 1 aromatic carbocycles. The summed E-state index contributed by atoms with van der Waals surface area (Å²) in [6.07, 6.45) is 4.32. The van der Waals surface area contributed by atoms with E-state index >= 15 is 0 Å². The molecular weight excluding hydrogens is 313 g/mol. The number of aliphatic hydroxyl groups is 1. The fourth-order valence-corrected chi connectivity index (χ4v) is 3.08. The maximum atomic E-state index is 14.1. The molecule has 0 saturated heterocycles. The van der Waals surface area contributed by atoms with Gasteiger partial charge in [0.1, 0.15) is 17.1 Å². The molecule has 0 radical (unpaired) electrons. The monoisotopic (exact) mass is 333 g/mol. The molecule has 1 aliphatic carbocycles. The molecule has 1 aromatic heterocycles. The number of aryl methyl sites for hydroxylation is 1. The van der Waals surface area contributed by atoms with Crippen molar-refractivity contribution in [3.05, 3.63) is 47.5 Å². The van der Waals surface area contributed by atoms with Gasteiger partial charge < -0.3 is 15.2 Å². The van der Waals surface area contributed by atoms with Gasteiger partial charge in [0, 0.05) is 18.8 Å². The Kier molecular flexibility index (Phi) is 4.53. The van der Waals surface area contributed by atoms with Crippen LogP contribution in [0.4, 0.5) is 4.39 Å². The van der Waals surface area contributed by atoms with Crippen molar-refractivity contribution < 1.29 is 19.0 Å². The highest BCUT2D eigenvalue weighted by molar-refractivity contribution is 5.97. The Balaban J connectivity index is 1.86. The summed E-state index contributed by atoms with van der Waals surface area (Å²) < 4.78 is 20.9. The number of rotatable bonds is 5. The first-order chi connectivity index (χ1) is 11.5. The van der Waals surface area contributed by atoms with E-state index in [4.69, 9.17) is 4.74 Å². The highest BCUT2D eigenvalue weighted by Crippen LogP contribution is 2.38. The molecule has 0 unspecified atom stereocenters. The van der Waals surface area contributed by atoms with E-state index in [2.05, 4.69) is 10.4 Å². The van der Waals surface area contributed by atoms with Gasteiger partial charge in [0.05, 0.1) is 25.5 Å². The molecule has 1 amide bonds. The SMILES string of the molecule is COc1cccc(F)c1C(=O)N[C@H](c1cnn(C)c1)C1CC(O)C1. The average molecular weight is 333 g/mol. The molecule has 24 heavy (non-hydrogen) atoms. The molecule has 7 heteroatoms. The Morgan fingerprint density at radius 1 is 1.50 bits per heavy atom. The van der Waals surface area contributed by atoms with Crippen LogP contribution >= 0.6 is 0 Å². The van der Waals surface area contributed by atoms with Crippen molar-refractivity contribution in [2.45, 2.75) is 25.0 Å². The van der Waals surface area contributed by atoms with Crippen LogP contribution in [-0.4, -0.2) is 34.0 Å². The number of ether oxygens (including phenoxy) is 1. The summed E-state index contributed by atoms with van der Waals surface area (Å²) in [5.41, 5.74) is 0.715.